The number of hydrogen-bond donors (Lipinski definition) is 1. The van der Waals surface area contributed by atoms with Crippen LogP contribution in [0.1, 0.15) is 29.6 Å². The highest BCUT2D eigenvalue weighted by Crippen LogP contribution is 2.27. The SMILES string of the molecule is CN(CCCN1CCC(F)(F)CC1)c1ccc(-c2cc(C(=O)O)ccn2)nc1. The molecule has 1 saturated heterocycles. The third-order valence-electron chi connectivity index (χ3n) is 5.01. The number of aromatic carboxylic acids is 1. The number of rotatable bonds is 7. The standard InChI is InChI=1S/C20H24F2N4O2/c1-25(9-2-10-26-11-6-20(21,22)7-12-26)16-3-4-17(24-14-16)18-13-15(19(27)28)5-8-23-18/h3-5,8,13-14H,2,6-7,9-12H2,1H3,(H,27,28). The summed E-state index contributed by atoms with van der Waals surface area (Å²) < 4.78 is 26.4. The van der Waals surface area contributed by atoms with Crippen molar-refractivity contribution < 1.29 is 18.7 Å². The third kappa shape index (κ3) is 5.22. The molecule has 0 bridgehead atoms. The molecule has 2 aromatic heterocycles. The molecule has 2 aromatic rings. The van der Waals surface area contributed by atoms with Gasteiger partial charge in [0.25, 0.3) is 5.92 Å². The quantitative estimate of drug-likeness (QED) is 0.782. The van der Waals surface area contributed by atoms with Crippen molar-refractivity contribution >= 4 is 11.7 Å². The molecule has 150 valence electrons. The average molecular weight is 390 g/mol. The van der Waals surface area contributed by atoms with Gasteiger partial charge in [-0.05, 0) is 37.2 Å². The Hall–Kier alpha value is -2.61. The number of pyridine rings is 2. The van der Waals surface area contributed by atoms with E-state index in [1.54, 1.807) is 6.20 Å². The fraction of sp³-hybridized carbons (Fsp3) is 0.450. The molecule has 6 nitrogen and oxygen atoms in total. The molecule has 1 aliphatic rings. The maximum Gasteiger partial charge on any atom is 0.335 e. The summed E-state index contributed by atoms with van der Waals surface area (Å²) in [4.78, 5) is 23.8. The van der Waals surface area contributed by atoms with Gasteiger partial charge in [-0.25, -0.2) is 13.6 Å². The number of carbonyl (C=O) groups is 1. The lowest BCUT2D eigenvalue weighted by atomic mass is 10.1. The van der Waals surface area contributed by atoms with E-state index in [-0.39, 0.29) is 18.4 Å². The number of anilines is 1. The number of hydrogen-bond acceptors (Lipinski definition) is 5. The minimum absolute atomic E-state index is 0.0503. The Morgan fingerprint density at radius 2 is 1.96 bits per heavy atom. The van der Waals surface area contributed by atoms with Crippen LogP contribution < -0.4 is 4.90 Å². The summed E-state index contributed by atoms with van der Waals surface area (Å²) in [6.07, 6.45) is 3.96. The normalized spacial score (nSPS) is 16.7. The fourth-order valence-electron chi connectivity index (χ4n) is 3.23. The van der Waals surface area contributed by atoms with Gasteiger partial charge in [0.2, 0.25) is 0 Å². The van der Waals surface area contributed by atoms with Crippen LogP contribution in [0.25, 0.3) is 11.4 Å². The van der Waals surface area contributed by atoms with E-state index in [1.165, 1.54) is 18.3 Å². The Morgan fingerprint density at radius 1 is 1.21 bits per heavy atom. The van der Waals surface area contributed by atoms with Crippen molar-refractivity contribution in [3.63, 3.8) is 0 Å². The van der Waals surface area contributed by atoms with Crippen LogP contribution >= 0.6 is 0 Å². The highest BCUT2D eigenvalue weighted by Gasteiger charge is 2.33. The monoisotopic (exact) mass is 390 g/mol. The van der Waals surface area contributed by atoms with Crippen LogP contribution in [0.4, 0.5) is 14.5 Å². The minimum atomic E-state index is -2.50. The molecular weight excluding hydrogens is 366 g/mol. The largest absolute Gasteiger partial charge is 0.478 e. The Bertz CT molecular complexity index is 804. The lowest BCUT2D eigenvalue weighted by molar-refractivity contribution is -0.0550. The number of aromatic nitrogens is 2. The fourth-order valence-corrected chi connectivity index (χ4v) is 3.23. The van der Waals surface area contributed by atoms with Crippen molar-refractivity contribution in [1.29, 1.82) is 0 Å². The van der Waals surface area contributed by atoms with Crippen molar-refractivity contribution in [3.05, 3.63) is 42.2 Å². The van der Waals surface area contributed by atoms with Crippen molar-refractivity contribution in [2.24, 2.45) is 0 Å². The highest BCUT2D eigenvalue weighted by atomic mass is 19.3. The summed E-state index contributed by atoms with van der Waals surface area (Å²) in [5, 5.41) is 9.08. The molecule has 1 aliphatic heterocycles. The number of nitrogens with zero attached hydrogens (tertiary/aromatic N) is 4. The number of piperidine rings is 1. The minimum Gasteiger partial charge on any atom is -0.478 e. The van der Waals surface area contributed by atoms with E-state index in [1.807, 2.05) is 19.2 Å². The molecule has 3 heterocycles. The van der Waals surface area contributed by atoms with E-state index >= 15 is 0 Å². The van der Waals surface area contributed by atoms with Crippen molar-refractivity contribution in [2.45, 2.75) is 25.2 Å². The van der Waals surface area contributed by atoms with Gasteiger partial charge >= 0.3 is 5.97 Å². The maximum atomic E-state index is 13.2. The van der Waals surface area contributed by atoms with Gasteiger partial charge in [-0.1, -0.05) is 0 Å². The molecule has 8 heteroatoms. The van der Waals surface area contributed by atoms with Crippen LogP contribution in [-0.4, -0.2) is 65.1 Å². The number of carboxylic acid groups (broad SMARTS) is 1. The van der Waals surface area contributed by atoms with Crippen LogP contribution in [-0.2, 0) is 0 Å². The van der Waals surface area contributed by atoms with Crippen molar-refractivity contribution in [2.75, 3.05) is 38.1 Å². The van der Waals surface area contributed by atoms with E-state index < -0.39 is 11.9 Å². The molecule has 0 unspecified atom stereocenters. The molecule has 3 rings (SSSR count). The molecule has 0 aliphatic carbocycles. The van der Waals surface area contributed by atoms with Gasteiger partial charge in [0.15, 0.2) is 0 Å². The molecule has 28 heavy (non-hydrogen) atoms. The molecular formula is C20H24F2N4O2. The third-order valence-corrected chi connectivity index (χ3v) is 5.01. The first-order valence-electron chi connectivity index (χ1n) is 9.31. The van der Waals surface area contributed by atoms with Gasteiger partial charge in [0.05, 0.1) is 28.8 Å². The first kappa shape index (κ1) is 20.1. The topological polar surface area (TPSA) is 69.6 Å². The van der Waals surface area contributed by atoms with Crippen LogP contribution in [0.3, 0.4) is 0 Å². The Kier molecular flexibility index (Phi) is 6.18. The molecule has 0 radical (unpaired) electrons. The summed E-state index contributed by atoms with van der Waals surface area (Å²) in [5.74, 6) is -3.50. The van der Waals surface area contributed by atoms with E-state index in [0.717, 1.165) is 25.2 Å². The van der Waals surface area contributed by atoms with Gasteiger partial charge in [-0.2, -0.15) is 0 Å². The summed E-state index contributed by atoms with van der Waals surface area (Å²) in [7, 11) is 1.96. The van der Waals surface area contributed by atoms with Crippen molar-refractivity contribution in [3.8, 4) is 11.4 Å². The Labute approximate surface area is 162 Å². The summed E-state index contributed by atoms with van der Waals surface area (Å²) >= 11 is 0. The smallest absolute Gasteiger partial charge is 0.335 e. The van der Waals surface area contributed by atoms with Gasteiger partial charge in [-0.15, -0.1) is 0 Å². The van der Waals surface area contributed by atoms with E-state index in [4.69, 9.17) is 5.11 Å². The van der Waals surface area contributed by atoms with Gasteiger partial charge in [-0.3, -0.25) is 9.97 Å². The molecule has 0 amide bonds. The average Bonchev–Trinajstić information content (AvgIpc) is 2.69. The Morgan fingerprint density at radius 3 is 2.61 bits per heavy atom. The molecule has 1 fully saturated rings. The second-order valence-corrected chi connectivity index (χ2v) is 7.11. The summed E-state index contributed by atoms with van der Waals surface area (Å²) in [5.41, 5.74) is 2.22. The first-order valence-corrected chi connectivity index (χ1v) is 9.31. The molecule has 0 saturated carbocycles. The van der Waals surface area contributed by atoms with E-state index in [2.05, 4.69) is 19.8 Å². The van der Waals surface area contributed by atoms with Gasteiger partial charge < -0.3 is 14.9 Å². The molecule has 1 N–H and O–H groups in total. The van der Waals surface area contributed by atoms with E-state index in [0.29, 0.717) is 24.5 Å². The molecule has 0 aromatic carbocycles. The zero-order valence-electron chi connectivity index (χ0n) is 15.8. The predicted molar refractivity (Wildman–Crippen MR) is 103 cm³/mol. The van der Waals surface area contributed by atoms with Crippen molar-refractivity contribution in [1.82, 2.24) is 14.9 Å². The van der Waals surface area contributed by atoms with E-state index in [9.17, 15) is 13.6 Å². The zero-order chi connectivity index (χ0) is 20.1. The first-order chi connectivity index (χ1) is 13.3. The maximum absolute atomic E-state index is 13.2. The predicted octanol–water partition coefficient (Wildman–Crippen LogP) is 3.40. The number of alkyl halides is 2. The highest BCUT2D eigenvalue weighted by molar-refractivity contribution is 5.88. The Balaban J connectivity index is 1.52. The van der Waals surface area contributed by atoms with Gasteiger partial charge in [0.1, 0.15) is 0 Å². The molecule has 0 spiro atoms. The lowest BCUT2D eigenvalue weighted by Gasteiger charge is -2.32. The van der Waals surface area contributed by atoms with Crippen LogP contribution in [0.5, 0.6) is 0 Å². The van der Waals surface area contributed by atoms with Gasteiger partial charge in [0, 0.05) is 45.7 Å². The van der Waals surface area contributed by atoms with Crippen LogP contribution in [0.2, 0.25) is 0 Å². The second-order valence-electron chi connectivity index (χ2n) is 7.11. The second kappa shape index (κ2) is 8.60. The molecule has 0 atom stereocenters. The van der Waals surface area contributed by atoms with Crippen LogP contribution in [0.15, 0.2) is 36.7 Å². The zero-order valence-corrected chi connectivity index (χ0v) is 15.8. The summed E-state index contributed by atoms with van der Waals surface area (Å²) in [6, 6.07) is 6.67. The number of likely N-dealkylation sites (tertiary alicyclic amines) is 1. The number of carboxylic acids is 1. The summed E-state index contributed by atoms with van der Waals surface area (Å²) in [6.45, 7) is 2.50. The number of halogens is 2. The lowest BCUT2D eigenvalue weighted by Crippen LogP contribution is -2.40. The van der Waals surface area contributed by atoms with Crippen LogP contribution in [0, 0.1) is 0 Å².